The fourth-order valence-corrected chi connectivity index (χ4v) is 28.3. The van der Waals surface area contributed by atoms with Crippen molar-refractivity contribution in [2.24, 2.45) is 0 Å². The van der Waals surface area contributed by atoms with Crippen molar-refractivity contribution < 1.29 is 17.4 Å². The first-order valence-corrected chi connectivity index (χ1v) is 35.0. The number of fused-ring (bicyclic) bond motifs is 2. The van der Waals surface area contributed by atoms with E-state index in [1.807, 2.05) is 6.92 Å². The van der Waals surface area contributed by atoms with Crippen LogP contribution in [0.15, 0.2) is 188 Å². The molecule has 6 nitrogen and oxygen atoms in total. The van der Waals surface area contributed by atoms with Crippen LogP contribution in [0.1, 0.15) is 33.1 Å². The SMILES string of the molecule is CCCCC(Oc1ccc(N(c2ccc(-c3ccc(N(c4ccccc4)c4cccc5ccccc45)cc3)cc2)c2cccc3ccccc23)cc1)[Si](C)(C[Si](=O)CC)O[Si](C)(C)O[Si](C)(C)C. The summed E-state index contributed by atoms with van der Waals surface area (Å²) in [6.07, 6.45) is 2.90. The van der Waals surface area contributed by atoms with Crippen LogP contribution in [0.2, 0.25) is 51.0 Å². The molecular formula is C58H66N2O4Si4. The topological polar surface area (TPSA) is 51.2 Å². The van der Waals surface area contributed by atoms with Crippen molar-refractivity contribution in [2.75, 3.05) is 9.80 Å². The molecular weight excluding hydrogens is 901 g/mol. The molecule has 0 aliphatic rings. The van der Waals surface area contributed by atoms with Gasteiger partial charge in [-0.1, -0.05) is 142 Å². The number of hydrogen-bond donors (Lipinski definition) is 0. The molecule has 0 heterocycles. The van der Waals surface area contributed by atoms with Crippen LogP contribution in [0.4, 0.5) is 34.1 Å². The minimum atomic E-state index is -2.72. The van der Waals surface area contributed by atoms with E-state index in [1.54, 1.807) is 0 Å². The third-order valence-electron chi connectivity index (χ3n) is 12.5. The molecule has 348 valence electrons. The molecule has 0 amide bonds. The van der Waals surface area contributed by atoms with Gasteiger partial charge in [0, 0.05) is 39.2 Å². The lowest BCUT2D eigenvalue weighted by Gasteiger charge is -2.42. The quantitative estimate of drug-likeness (QED) is 0.0710. The molecule has 0 spiro atoms. The molecule has 0 radical (unpaired) electrons. The molecule has 0 bridgehead atoms. The number of anilines is 6. The monoisotopic (exact) mass is 966 g/mol. The van der Waals surface area contributed by atoms with Crippen molar-refractivity contribution in [1.29, 1.82) is 0 Å². The third kappa shape index (κ3) is 11.6. The summed E-state index contributed by atoms with van der Waals surface area (Å²) in [4.78, 5) is 4.68. The van der Waals surface area contributed by atoms with E-state index in [9.17, 15) is 4.46 Å². The van der Waals surface area contributed by atoms with Gasteiger partial charge in [0.25, 0.3) is 8.68 Å². The van der Waals surface area contributed by atoms with Crippen molar-refractivity contribution >= 4 is 89.5 Å². The van der Waals surface area contributed by atoms with Gasteiger partial charge in [-0.25, -0.2) is 0 Å². The summed E-state index contributed by atoms with van der Waals surface area (Å²) in [5.74, 6) is 0.793. The maximum Gasteiger partial charge on any atom is 0.311 e. The van der Waals surface area contributed by atoms with Gasteiger partial charge in [0.15, 0.2) is 8.32 Å². The zero-order valence-corrected chi connectivity index (χ0v) is 45.0. The molecule has 0 saturated heterocycles. The molecule has 0 fully saturated rings. The van der Waals surface area contributed by atoms with Crippen LogP contribution >= 0.6 is 0 Å². The van der Waals surface area contributed by atoms with Crippen LogP contribution in [0.5, 0.6) is 5.75 Å². The van der Waals surface area contributed by atoms with E-state index in [4.69, 9.17) is 13.0 Å². The van der Waals surface area contributed by atoms with E-state index < -0.39 is 33.9 Å². The maximum absolute atomic E-state index is 13.4. The van der Waals surface area contributed by atoms with Gasteiger partial charge in [-0.05, 0) is 146 Å². The van der Waals surface area contributed by atoms with E-state index in [-0.39, 0.29) is 5.73 Å². The standard InChI is InChI=1S/C58H66N2O4Si4/c1-9-11-31-58(68(8,44-65(61)10-2)64-67(6,7)63-66(3,4)5)62-53-42-40-52(41-43-53)60(57-30-20-24-48-22-16-18-28-55(48)57)51-38-34-46(35-39-51)45-32-36-50(37-33-45)59(49-25-13-12-14-26-49)56-29-19-23-47-21-15-17-27-54(47)56/h12-30,32-43,58H,9-11,31,44H2,1-8H3. The molecule has 2 atom stereocenters. The van der Waals surface area contributed by atoms with Crippen molar-refractivity contribution in [1.82, 2.24) is 0 Å². The Balaban J connectivity index is 1.11. The molecule has 68 heavy (non-hydrogen) atoms. The Bertz CT molecular complexity index is 2930. The first kappa shape index (κ1) is 48.7. The summed E-state index contributed by atoms with van der Waals surface area (Å²) in [6.45, 7) is 17.4. The van der Waals surface area contributed by atoms with Gasteiger partial charge in [0.05, 0.1) is 11.4 Å². The molecule has 0 N–H and O–H groups in total. The Morgan fingerprint density at radius 2 is 0.941 bits per heavy atom. The molecule has 0 aromatic heterocycles. The molecule has 2 unspecified atom stereocenters. The highest BCUT2D eigenvalue weighted by Crippen LogP contribution is 2.42. The molecule has 0 aliphatic heterocycles. The fraction of sp³-hybridized carbons (Fsp3) is 0.241. The second-order valence-corrected chi connectivity index (χ2v) is 34.6. The van der Waals surface area contributed by atoms with Crippen LogP contribution in [0.3, 0.4) is 0 Å². The predicted molar refractivity (Wildman–Crippen MR) is 297 cm³/mol. The zero-order valence-electron chi connectivity index (χ0n) is 41.0. The number of para-hydroxylation sites is 1. The van der Waals surface area contributed by atoms with Gasteiger partial charge in [-0.15, -0.1) is 0 Å². The number of hydrogen-bond acceptors (Lipinski definition) is 6. The summed E-state index contributed by atoms with van der Waals surface area (Å²) in [5.41, 5.74) is 9.23. The Morgan fingerprint density at radius 3 is 1.41 bits per heavy atom. The fourth-order valence-electron chi connectivity index (χ4n) is 9.61. The molecule has 8 rings (SSSR count). The highest BCUT2D eigenvalue weighted by molar-refractivity contribution is 6.91. The van der Waals surface area contributed by atoms with Gasteiger partial charge >= 0.3 is 8.56 Å². The van der Waals surface area contributed by atoms with Crippen LogP contribution < -0.4 is 14.5 Å². The minimum Gasteiger partial charge on any atom is -0.491 e. The first-order chi connectivity index (χ1) is 32.7. The zero-order chi connectivity index (χ0) is 47.9. The normalized spacial score (nSPS) is 13.2. The van der Waals surface area contributed by atoms with Crippen molar-refractivity contribution in [3.05, 3.63) is 188 Å². The molecule has 0 aliphatic carbocycles. The minimum absolute atomic E-state index is 0.166. The van der Waals surface area contributed by atoms with Crippen LogP contribution in [0.25, 0.3) is 32.7 Å². The Morgan fingerprint density at radius 1 is 0.500 bits per heavy atom. The molecule has 0 saturated carbocycles. The Kier molecular flexibility index (Phi) is 15.2. The van der Waals surface area contributed by atoms with Gasteiger partial charge in [-0.2, -0.15) is 0 Å². The smallest absolute Gasteiger partial charge is 0.311 e. The number of nitrogens with zero attached hydrogens (tertiary/aromatic N) is 2. The predicted octanol–water partition coefficient (Wildman–Crippen LogP) is 17.2. The van der Waals surface area contributed by atoms with Gasteiger partial charge < -0.3 is 27.2 Å². The van der Waals surface area contributed by atoms with Crippen LogP contribution in [-0.2, 0) is 12.7 Å². The highest BCUT2D eigenvalue weighted by Gasteiger charge is 2.48. The Labute approximate surface area is 409 Å². The van der Waals surface area contributed by atoms with Gasteiger partial charge in [-0.3, -0.25) is 0 Å². The Hall–Kier alpha value is -5.73. The molecule has 8 aromatic carbocycles. The summed E-state index contributed by atoms with van der Waals surface area (Å²) >= 11 is 0. The lowest BCUT2D eigenvalue weighted by atomic mass is 10.0. The average Bonchev–Trinajstić information content (AvgIpc) is 3.33. The van der Waals surface area contributed by atoms with Crippen LogP contribution in [0, 0.1) is 0 Å². The number of rotatable bonds is 20. The maximum atomic E-state index is 13.4. The lowest BCUT2D eigenvalue weighted by Crippen LogP contribution is -2.60. The third-order valence-corrected chi connectivity index (χ3v) is 27.7. The van der Waals surface area contributed by atoms with Gasteiger partial charge in [0.1, 0.15) is 11.5 Å². The van der Waals surface area contributed by atoms with E-state index in [0.717, 1.165) is 70.3 Å². The first-order valence-electron chi connectivity index (χ1n) is 24.2. The molecule has 8 aromatic rings. The summed E-state index contributed by atoms with van der Waals surface area (Å²) in [7, 11) is -8.98. The van der Waals surface area contributed by atoms with Crippen molar-refractivity contribution in [2.45, 2.75) is 89.8 Å². The largest absolute Gasteiger partial charge is 0.491 e. The average molecular weight is 968 g/mol. The molecule has 10 heteroatoms. The summed E-state index contributed by atoms with van der Waals surface area (Å²) in [5, 5.41) is 4.76. The van der Waals surface area contributed by atoms with E-state index in [1.165, 1.54) is 21.5 Å². The van der Waals surface area contributed by atoms with E-state index in [0.29, 0.717) is 11.7 Å². The summed E-state index contributed by atoms with van der Waals surface area (Å²) in [6, 6.07) is 67.8. The van der Waals surface area contributed by atoms with E-state index >= 15 is 0 Å². The van der Waals surface area contributed by atoms with E-state index in [2.05, 4.69) is 244 Å². The summed E-state index contributed by atoms with van der Waals surface area (Å²) < 4.78 is 34.4. The lowest BCUT2D eigenvalue weighted by molar-refractivity contribution is 0.227. The van der Waals surface area contributed by atoms with Crippen molar-refractivity contribution in [3.63, 3.8) is 0 Å². The second kappa shape index (κ2) is 21.3. The highest BCUT2D eigenvalue weighted by atomic mass is 28.5. The van der Waals surface area contributed by atoms with Gasteiger partial charge in [0.2, 0.25) is 8.32 Å². The second-order valence-electron chi connectivity index (χ2n) is 19.4. The van der Waals surface area contributed by atoms with Crippen molar-refractivity contribution in [3.8, 4) is 16.9 Å². The van der Waals surface area contributed by atoms with Crippen LogP contribution in [-0.4, -0.2) is 39.6 Å². The number of ether oxygens (including phenoxy) is 1. The number of unbranched alkanes of at least 4 members (excludes halogenated alkanes) is 1. The number of benzene rings is 8.